The zero-order valence-electron chi connectivity index (χ0n) is 11.8. The molecule has 0 unspecified atom stereocenters. The number of imidazole rings is 1. The molecule has 1 aromatic heterocycles. The second-order valence-corrected chi connectivity index (χ2v) is 4.74. The zero-order valence-corrected chi connectivity index (χ0v) is 11.8. The van der Waals surface area contributed by atoms with Gasteiger partial charge < -0.3 is 10.5 Å². The van der Waals surface area contributed by atoms with Gasteiger partial charge in [-0.3, -0.25) is 9.13 Å². The summed E-state index contributed by atoms with van der Waals surface area (Å²) in [4.78, 5) is 11.9. The van der Waals surface area contributed by atoms with Crippen molar-refractivity contribution in [2.45, 2.75) is 32.9 Å². The minimum Gasteiger partial charge on any atom is -0.494 e. The van der Waals surface area contributed by atoms with E-state index in [0.717, 1.165) is 30.8 Å². The topological polar surface area (TPSA) is 62.2 Å². The van der Waals surface area contributed by atoms with E-state index in [4.69, 9.17) is 10.5 Å². The zero-order chi connectivity index (χ0) is 14.4. The van der Waals surface area contributed by atoms with E-state index in [2.05, 4.69) is 6.92 Å². The van der Waals surface area contributed by atoms with E-state index in [1.54, 1.807) is 9.13 Å². The lowest BCUT2D eigenvalue weighted by Crippen LogP contribution is -2.24. The van der Waals surface area contributed by atoms with E-state index in [0.29, 0.717) is 13.2 Å². The summed E-state index contributed by atoms with van der Waals surface area (Å²) in [6, 6.07) is 7.31. The molecular weight excluding hydrogens is 254 g/mol. The molecule has 108 valence electrons. The molecule has 0 amide bonds. The van der Waals surface area contributed by atoms with Crippen LogP contribution in [0.2, 0.25) is 0 Å². The van der Waals surface area contributed by atoms with Crippen LogP contribution in [0.1, 0.15) is 19.8 Å². The molecule has 0 aliphatic rings. The fraction of sp³-hybridized carbons (Fsp3) is 0.400. The van der Waals surface area contributed by atoms with Crippen molar-refractivity contribution < 1.29 is 4.74 Å². The average Bonchev–Trinajstić information content (AvgIpc) is 2.79. The summed E-state index contributed by atoms with van der Waals surface area (Å²) in [7, 11) is 0. The number of anilines is 1. The molecule has 20 heavy (non-hydrogen) atoms. The van der Waals surface area contributed by atoms with Gasteiger partial charge in [-0.1, -0.05) is 6.92 Å². The molecule has 0 spiro atoms. The van der Waals surface area contributed by atoms with Crippen molar-refractivity contribution in [1.82, 2.24) is 9.13 Å². The second kappa shape index (κ2) is 6.84. The summed E-state index contributed by atoms with van der Waals surface area (Å²) in [5.74, 6) is 0.801. The molecule has 0 saturated heterocycles. The lowest BCUT2D eigenvalue weighted by molar-refractivity contribution is 0.300. The van der Waals surface area contributed by atoms with E-state index in [9.17, 15) is 4.79 Å². The predicted octanol–water partition coefficient (Wildman–Crippen LogP) is 2.11. The van der Waals surface area contributed by atoms with E-state index < -0.39 is 0 Å². The van der Waals surface area contributed by atoms with Crippen LogP contribution in [0.4, 0.5) is 5.69 Å². The minimum atomic E-state index is 0.0549. The third-order valence-corrected chi connectivity index (χ3v) is 3.07. The van der Waals surface area contributed by atoms with Gasteiger partial charge in [0.1, 0.15) is 5.75 Å². The third kappa shape index (κ3) is 3.66. The molecule has 0 aliphatic carbocycles. The van der Waals surface area contributed by atoms with E-state index >= 15 is 0 Å². The quantitative estimate of drug-likeness (QED) is 0.622. The molecule has 5 heteroatoms. The Morgan fingerprint density at radius 2 is 1.75 bits per heavy atom. The van der Waals surface area contributed by atoms with Crippen molar-refractivity contribution in [3.05, 3.63) is 47.1 Å². The van der Waals surface area contributed by atoms with Gasteiger partial charge in [0.25, 0.3) is 0 Å². The van der Waals surface area contributed by atoms with E-state index in [1.165, 1.54) is 0 Å². The Bertz CT molecular complexity index is 584. The van der Waals surface area contributed by atoms with Crippen LogP contribution in [-0.4, -0.2) is 15.7 Å². The lowest BCUT2D eigenvalue weighted by Gasteiger charge is -2.06. The lowest BCUT2D eigenvalue weighted by atomic mass is 10.3. The van der Waals surface area contributed by atoms with Crippen LogP contribution in [0, 0.1) is 0 Å². The largest absolute Gasteiger partial charge is 0.494 e. The molecule has 5 nitrogen and oxygen atoms in total. The Balaban J connectivity index is 1.78. The summed E-state index contributed by atoms with van der Waals surface area (Å²) in [5, 5.41) is 0. The molecular formula is C15H21N3O2. The smallest absolute Gasteiger partial charge is 0.328 e. The maximum atomic E-state index is 11.9. The van der Waals surface area contributed by atoms with Crippen LogP contribution >= 0.6 is 0 Å². The molecule has 0 aliphatic heterocycles. The number of rotatable bonds is 7. The first-order valence-electron chi connectivity index (χ1n) is 6.94. The predicted molar refractivity (Wildman–Crippen MR) is 79.9 cm³/mol. The fourth-order valence-corrected chi connectivity index (χ4v) is 2.02. The summed E-state index contributed by atoms with van der Waals surface area (Å²) in [6.45, 7) is 4.08. The number of nitrogen functional groups attached to an aromatic ring is 1. The normalized spacial score (nSPS) is 10.7. The highest BCUT2D eigenvalue weighted by atomic mass is 16.5. The first-order chi connectivity index (χ1) is 9.70. The SMILES string of the molecule is CCCn1ccn(CCCOc2ccc(N)cc2)c1=O. The van der Waals surface area contributed by atoms with Gasteiger partial charge >= 0.3 is 5.69 Å². The Kier molecular flexibility index (Phi) is 4.87. The molecule has 0 bridgehead atoms. The van der Waals surface area contributed by atoms with Gasteiger partial charge in [0.2, 0.25) is 0 Å². The Morgan fingerprint density at radius 3 is 2.40 bits per heavy atom. The minimum absolute atomic E-state index is 0.0549. The fourth-order valence-electron chi connectivity index (χ4n) is 2.02. The molecule has 2 aromatic rings. The van der Waals surface area contributed by atoms with Crippen molar-refractivity contribution in [1.29, 1.82) is 0 Å². The standard InChI is InChI=1S/C15H21N3O2/c1-2-8-17-10-11-18(15(17)19)9-3-12-20-14-6-4-13(16)5-7-14/h4-7,10-11H,2-3,8-9,12,16H2,1H3. The molecule has 0 radical (unpaired) electrons. The molecule has 1 aromatic carbocycles. The molecule has 0 atom stereocenters. The van der Waals surface area contributed by atoms with Crippen LogP contribution in [0.25, 0.3) is 0 Å². The highest BCUT2D eigenvalue weighted by molar-refractivity contribution is 5.41. The Labute approximate surface area is 118 Å². The van der Waals surface area contributed by atoms with Crippen LogP contribution in [0.5, 0.6) is 5.75 Å². The van der Waals surface area contributed by atoms with Gasteiger partial charge in [-0.05, 0) is 37.1 Å². The van der Waals surface area contributed by atoms with Gasteiger partial charge in [0.15, 0.2) is 0 Å². The van der Waals surface area contributed by atoms with Gasteiger partial charge in [0, 0.05) is 31.2 Å². The number of nitrogens with two attached hydrogens (primary N) is 1. The number of nitrogens with zero attached hydrogens (tertiary/aromatic N) is 2. The van der Waals surface area contributed by atoms with Crippen LogP contribution in [0.3, 0.4) is 0 Å². The molecule has 1 heterocycles. The maximum absolute atomic E-state index is 11.9. The van der Waals surface area contributed by atoms with Crippen LogP contribution in [0.15, 0.2) is 41.5 Å². The monoisotopic (exact) mass is 275 g/mol. The van der Waals surface area contributed by atoms with Crippen molar-refractivity contribution in [3.8, 4) is 5.75 Å². The number of benzene rings is 1. The van der Waals surface area contributed by atoms with Gasteiger partial charge in [-0.25, -0.2) is 4.79 Å². The third-order valence-electron chi connectivity index (χ3n) is 3.07. The van der Waals surface area contributed by atoms with Gasteiger partial charge in [0.05, 0.1) is 6.61 Å². The Hall–Kier alpha value is -2.17. The van der Waals surface area contributed by atoms with E-state index in [-0.39, 0.29) is 5.69 Å². The van der Waals surface area contributed by atoms with Crippen LogP contribution < -0.4 is 16.2 Å². The molecule has 0 fully saturated rings. The van der Waals surface area contributed by atoms with Crippen molar-refractivity contribution in [2.75, 3.05) is 12.3 Å². The average molecular weight is 275 g/mol. The highest BCUT2D eigenvalue weighted by Crippen LogP contribution is 2.13. The number of ether oxygens (including phenoxy) is 1. The summed E-state index contributed by atoms with van der Waals surface area (Å²) in [5.41, 5.74) is 6.38. The number of aromatic nitrogens is 2. The highest BCUT2D eigenvalue weighted by Gasteiger charge is 2.02. The first kappa shape index (κ1) is 14.2. The van der Waals surface area contributed by atoms with Crippen molar-refractivity contribution >= 4 is 5.69 Å². The summed E-state index contributed by atoms with van der Waals surface area (Å²) < 4.78 is 9.06. The molecule has 2 N–H and O–H groups in total. The van der Waals surface area contributed by atoms with Crippen molar-refractivity contribution in [3.63, 3.8) is 0 Å². The molecule has 2 rings (SSSR count). The Morgan fingerprint density at radius 1 is 1.10 bits per heavy atom. The number of hydrogen-bond acceptors (Lipinski definition) is 3. The number of hydrogen-bond donors (Lipinski definition) is 1. The van der Waals surface area contributed by atoms with E-state index in [1.807, 2.05) is 36.7 Å². The maximum Gasteiger partial charge on any atom is 0.328 e. The van der Waals surface area contributed by atoms with Crippen molar-refractivity contribution in [2.24, 2.45) is 0 Å². The molecule has 0 saturated carbocycles. The van der Waals surface area contributed by atoms with Gasteiger partial charge in [-0.2, -0.15) is 0 Å². The first-order valence-corrected chi connectivity index (χ1v) is 6.94. The van der Waals surface area contributed by atoms with Gasteiger partial charge in [-0.15, -0.1) is 0 Å². The summed E-state index contributed by atoms with van der Waals surface area (Å²) >= 11 is 0. The second-order valence-electron chi connectivity index (χ2n) is 4.74. The van der Waals surface area contributed by atoms with Crippen LogP contribution in [-0.2, 0) is 13.1 Å². The number of aryl methyl sites for hydroxylation is 2. The summed E-state index contributed by atoms with van der Waals surface area (Å²) in [6.07, 6.45) is 5.43.